The zero-order valence-corrected chi connectivity index (χ0v) is 15.0. The SMILES string of the molecule is O=C(N/N=C/c1ccco1)c1ccc(OCc2ccc(Cl)cc2Cl)cc1. The lowest BCUT2D eigenvalue weighted by Crippen LogP contribution is -2.17. The van der Waals surface area contributed by atoms with Crippen molar-refractivity contribution in [3.63, 3.8) is 0 Å². The largest absolute Gasteiger partial charge is 0.489 e. The molecule has 1 aromatic heterocycles. The first-order valence-electron chi connectivity index (χ1n) is 7.65. The van der Waals surface area contributed by atoms with Crippen LogP contribution in [0.1, 0.15) is 21.7 Å². The van der Waals surface area contributed by atoms with E-state index in [2.05, 4.69) is 10.5 Å². The number of ether oxygens (including phenoxy) is 1. The van der Waals surface area contributed by atoms with E-state index in [1.54, 1.807) is 48.5 Å². The number of furan rings is 1. The van der Waals surface area contributed by atoms with Gasteiger partial charge in [-0.15, -0.1) is 0 Å². The number of hydrogen-bond acceptors (Lipinski definition) is 4. The predicted octanol–water partition coefficient (Wildman–Crippen LogP) is 4.93. The second-order valence-corrected chi connectivity index (χ2v) is 6.11. The van der Waals surface area contributed by atoms with Crippen LogP contribution in [0.25, 0.3) is 0 Å². The van der Waals surface area contributed by atoms with E-state index in [0.29, 0.717) is 33.7 Å². The van der Waals surface area contributed by atoms with E-state index < -0.39 is 0 Å². The molecular formula is C19H14Cl2N2O3. The first-order chi connectivity index (χ1) is 12.6. The number of hydrazone groups is 1. The van der Waals surface area contributed by atoms with E-state index in [1.165, 1.54) is 12.5 Å². The third-order valence-electron chi connectivity index (χ3n) is 3.43. The molecule has 0 atom stereocenters. The summed E-state index contributed by atoms with van der Waals surface area (Å²) in [5.41, 5.74) is 3.71. The maximum Gasteiger partial charge on any atom is 0.271 e. The molecule has 1 amide bonds. The van der Waals surface area contributed by atoms with Crippen molar-refractivity contribution in [3.05, 3.63) is 87.8 Å². The minimum absolute atomic E-state index is 0.301. The van der Waals surface area contributed by atoms with Gasteiger partial charge >= 0.3 is 0 Å². The van der Waals surface area contributed by atoms with Gasteiger partial charge in [0, 0.05) is 21.2 Å². The molecular weight excluding hydrogens is 375 g/mol. The predicted molar refractivity (Wildman–Crippen MR) is 101 cm³/mol. The molecule has 1 heterocycles. The fourth-order valence-electron chi connectivity index (χ4n) is 2.09. The van der Waals surface area contributed by atoms with Crippen molar-refractivity contribution in [3.8, 4) is 5.75 Å². The summed E-state index contributed by atoms with van der Waals surface area (Å²) in [5, 5.41) is 4.95. The number of hydrogen-bond donors (Lipinski definition) is 1. The monoisotopic (exact) mass is 388 g/mol. The van der Waals surface area contributed by atoms with Crippen molar-refractivity contribution in [2.45, 2.75) is 6.61 Å². The van der Waals surface area contributed by atoms with Crippen LogP contribution < -0.4 is 10.2 Å². The maximum atomic E-state index is 12.0. The minimum Gasteiger partial charge on any atom is -0.489 e. The third-order valence-corrected chi connectivity index (χ3v) is 4.01. The second kappa shape index (κ2) is 8.56. The number of rotatable bonds is 6. The number of nitrogens with one attached hydrogen (secondary N) is 1. The molecule has 0 aliphatic carbocycles. The van der Waals surface area contributed by atoms with E-state index in [1.807, 2.05) is 6.07 Å². The first-order valence-corrected chi connectivity index (χ1v) is 8.41. The fourth-order valence-corrected chi connectivity index (χ4v) is 2.55. The Bertz CT molecular complexity index is 907. The van der Waals surface area contributed by atoms with Crippen LogP contribution >= 0.6 is 23.2 Å². The van der Waals surface area contributed by atoms with Crippen LogP contribution in [0.3, 0.4) is 0 Å². The van der Waals surface area contributed by atoms with Crippen LogP contribution in [-0.4, -0.2) is 12.1 Å². The summed E-state index contributed by atoms with van der Waals surface area (Å²) in [5.74, 6) is 0.835. The van der Waals surface area contributed by atoms with Crippen molar-refractivity contribution in [1.82, 2.24) is 5.43 Å². The van der Waals surface area contributed by atoms with E-state index in [0.717, 1.165) is 5.56 Å². The molecule has 0 saturated heterocycles. The molecule has 0 fully saturated rings. The molecule has 0 radical (unpaired) electrons. The average molecular weight is 389 g/mol. The van der Waals surface area contributed by atoms with Gasteiger partial charge in [0.2, 0.25) is 0 Å². The average Bonchev–Trinajstić information content (AvgIpc) is 3.15. The minimum atomic E-state index is -0.333. The first kappa shape index (κ1) is 18.0. The molecule has 0 unspecified atom stereocenters. The zero-order valence-electron chi connectivity index (χ0n) is 13.5. The number of carbonyl (C=O) groups is 1. The third kappa shape index (κ3) is 4.88. The van der Waals surface area contributed by atoms with Crippen molar-refractivity contribution in [1.29, 1.82) is 0 Å². The Morgan fingerprint density at radius 3 is 2.65 bits per heavy atom. The Kier molecular flexibility index (Phi) is 5.94. The van der Waals surface area contributed by atoms with Gasteiger partial charge in [0.15, 0.2) is 0 Å². The highest BCUT2D eigenvalue weighted by Crippen LogP contribution is 2.22. The second-order valence-electron chi connectivity index (χ2n) is 5.26. The van der Waals surface area contributed by atoms with Crippen LogP contribution in [0.4, 0.5) is 0 Å². The lowest BCUT2D eigenvalue weighted by atomic mass is 10.2. The summed E-state index contributed by atoms with van der Waals surface area (Å²) in [4.78, 5) is 12.0. The summed E-state index contributed by atoms with van der Waals surface area (Å²) >= 11 is 12.0. The van der Waals surface area contributed by atoms with Gasteiger partial charge < -0.3 is 9.15 Å². The number of benzene rings is 2. The van der Waals surface area contributed by atoms with E-state index in [9.17, 15) is 4.79 Å². The molecule has 0 aliphatic heterocycles. The van der Waals surface area contributed by atoms with Gasteiger partial charge in [0.05, 0.1) is 12.5 Å². The van der Waals surface area contributed by atoms with Crippen LogP contribution in [0.5, 0.6) is 5.75 Å². The highest BCUT2D eigenvalue weighted by atomic mass is 35.5. The Labute approximate surface area is 160 Å². The highest BCUT2D eigenvalue weighted by Gasteiger charge is 2.06. The van der Waals surface area contributed by atoms with Crippen LogP contribution in [0, 0.1) is 0 Å². The van der Waals surface area contributed by atoms with Crippen LogP contribution in [0.15, 0.2) is 70.4 Å². The standard InChI is InChI=1S/C19H14Cl2N2O3/c20-15-6-3-14(18(21)10-15)12-26-16-7-4-13(5-8-16)19(24)23-22-11-17-2-1-9-25-17/h1-11H,12H2,(H,23,24)/b22-11+. The lowest BCUT2D eigenvalue weighted by molar-refractivity contribution is 0.0955. The summed E-state index contributed by atoms with van der Waals surface area (Å²) in [6.45, 7) is 0.301. The van der Waals surface area contributed by atoms with E-state index in [-0.39, 0.29) is 5.91 Å². The molecule has 3 rings (SSSR count). The summed E-state index contributed by atoms with van der Waals surface area (Å²) in [6.07, 6.45) is 2.95. The molecule has 0 saturated carbocycles. The molecule has 3 aromatic rings. The summed E-state index contributed by atoms with van der Waals surface area (Å²) in [7, 11) is 0. The Morgan fingerprint density at radius 1 is 1.15 bits per heavy atom. The Balaban J connectivity index is 1.55. The molecule has 7 heteroatoms. The smallest absolute Gasteiger partial charge is 0.271 e. The molecule has 1 N–H and O–H groups in total. The highest BCUT2D eigenvalue weighted by molar-refractivity contribution is 6.35. The fraction of sp³-hybridized carbons (Fsp3) is 0.0526. The van der Waals surface area contributed by atoms with Gasteiger partial charge in [-0.05, 0) is 48.5 Å². The lowest BCUT2D eigenvalue weighted by Gasteiger charge is -2.08. The quantitative estimate of drug-likeness (QED) is 0.480. The van der Waals surface area contributed by atoms with Gasteiger partial charge in [-0.25, -0.2) is 5.43 Å². The zero-order chi connectivity index (χ0) is 18.4. The topological polar surface area (TPSA) is 63.8 Å². The molecule has 0 spiro atoms. The van der Waals surface area contributed by atoms with Crippen LogP contribution in [-0.2, 0) is 6.61 Å². The van der Waals surface area contributed by atoms with Crippen LogP contribution in [0.2, 0.25) is 10.0 Å². The van der Waals surface area contributed by atoms with Gasteiger partial charge in [0.25, 0.3) is 5.91 Å². The van der Waals surface area contributed by atoms with Crippen molar-refractivity contribution >= 4 is 35.3 Å². The van der Waals surface area contributed by atoms with Gasteiger partial charge in [0.1, 0.15) is 18.1 Å². The summed E-state index contributed by atoms with van der Waals surface area (Å²) < 4.78 is 10.8. The Hall–Kier alpha value is -2.76. The van der Waals surface area contributed by atoms with E-state index >= 15 is 0 Å². The van der Waals surface area contributed by atoms with Crippen molar-refractivity contribution in [2.24, 2.45) is 5.10 Å². The number of nitrogens with zero attached hydrogens (tertiary/aromatic N) is 1. The van der Waals surface area contributed by atoms with E-state index in [4.69, 9.17) is 32.4 Å². The van der Waals surface area contributed by atoms with Gasteiger partial charge in [-0.1, -0.05) is 29.3 Å². The molecule has 5 nitrogen and oxygen atoms in total. The molecule has 132 valence electrons. The molecule has 26 heavy (non-hydrogen) atoms. The van der Waals surface area contributed by atoms with Crippen molar-refractivity contribution in [2.75, 3.05) is 0 Å². The van der Waals surface area contributed by atoms with Gasteiger partial charge in [-0.2, -0.15) is 5.10 Å². The number of amides is 1. The van der Waals surface area contributed by atoms with Gasteiger partial charge in [-0.3, -0.25) is 4.79 Å². The molecule has 0 aliphatic rings. The summed E-state index contributed by atoms with van der Waals surface area (Å²) in [6, 6.07) is 15.4. The van der Waals surface area contributed by atoms with Crippen molar-refractivity contribution < 1.29 is 13.9 Å². The normalized spacial score (nSPS) is 10.8. The Morgan fingerprint density at radius 2 is 1.96 bits per heavy atom. The number of carbonyl (C=O) groups excluding carboxylic acids is 1. The maximum absolute atomic E-state index is 12.0. The molecule has 0 bridgehead atoms. The number of halogens is 2. The molecule has 2 aromatic carbocycles.